The average Bonchev–Trinajstić information content (AvgIpc) is 2.44. The van der Waals surface area contributed by atoms with Gasteiger partial charge in [0.05, 0.1) is 11.1 Å². The van der Waals surface area contributed by atoms with Crippen molar-refractivity contribution < 1.29 is 4.39 Å². The van der Waals surface area contributed by atoms with E-state index >= 15 is 0 Å². The van der Waals surface area contributed by atoms with E-state index in [0.717, 1.165) is 11.1 Å². The van der Waals surface area contributed by atoms with Gasteiger partial charge in [0, 0.05) is 5.02 Å². The summed E-state index contributed by atoms with van der Waals surface area (Å²) in [6, 6.07) is 10.3. The van der Waals surface area contributed by atoms with Gasteiger partial charge < -0.3 is 0 Å². The van der Waals surface area contributed by atoms with E-state index in [1.807, 2.05) is 25.1 Å². The standard InChI is InChI=1S/C15H15Cl2FN2/c1-9-11(5-3-6-12(9)16)14(20-19)8-10-4-2-7-13(17)15(10)18/h2-7,14,20H,8,19H2,1H3. The summed E-state index contributed by atoms with van der Waals surface area (Å²) in [6.07, 6.45) is 0.393. The summed E-state index contributed by atoms with van der Waals surface area (Å²) in [5.41, 5.74) is 5.10. The molecule has 0 radical (unpaired) electrons. The molecule has 0 bridgehead atoms. The Labute approximate surface area is 127 Å². The lowest BCUT2D eigenvalue weighted by molar-refractivity contribution is 0.527. The molecule has 0 aromatic heterocycles. The maximum Gasteiger partial charge on any atom is 0.145 e. The fourth-order valence-electron chi connectivity index (χ4n) is 2.19. The summed E-state index contributed by atoms with van der Waals surface area (Å²) in [5.74, 6) is 5.20. The van der Waals surface area contributed by atoms with Crippen molar-refractivity contribution in [1.82, 2.24) is 5.43 Å². The van der Waals surface area contributed by atoms with Crippen molar-refractivity contribution >= 4 is 23.2 Å². The van der Waals surface area contributed by atoms with Gasteiger partial charge >= 0.3 is 0 Å². The number of hydrogen-bond donors (Lipinski definition) is 2. The van der Waals surface area contributed by atoms with Gasteiger partial charge in [0.2, 0.25) is 0 Å². The van der Waals surface area contributed by atoms with Gasteiger partial charge in [-0.2, -0.15) is 0 Å². The van der Waals surface area contributed by atoms with Crippen LogP contribution in [-0.4, -0.2) is 0 Å². The monoisotopic (exact) mass is 312 g/mol. The number of hydrazine groups is 1. The Hall–Kier alpha value is -1.13. The highest BCUT2D eigenvalue weighted by atomic mass is 35.5. The second-order valence-electron chi connectivity index (χ2n) is 4.59. The number of rotatable bonds is 4. The number of benzene rings is 2. The van der Waals surface area contributed by atoms with E-state index in [4.69, 9.17) is 29.0 Å². The van der Waals surface area contributed by atoms with Gasteiger partial charge in [-0.05, 0) is 42.2 Å². The second-order valence-corrected chi connectivity index (χ2v) is 5.40. The Morgan fingerprint density at radius 2 is 1.80 bits per heavy atom. The summed E-state index contributed by atoms with van der Waals surface area (Å²) in [4.78, 5) is 0. The number of nitrogens with two attached hydrogens (primary N) is 1. The molecule has 2 aromatic rings. The smallest absolute Gasteiger partial charge is 0.145 e. The van der Waals surface area contributed by atoms with Crippen LogP contribution in [0, 0.1) is 12.7 Å². The Morgan fingerprint density at radius 3 is 2.50 bits per heavy atom. The van der Waals surface area contributed by atoms with Crippen LogP contribution in [0.3, 0.4) is 0 Å². The van der Waals surface area contributed by atoms with E-state index in [9.17, 15) is 4.39 Å². The van der Waals surface area contributed by atoms with Crippen LogP contribution in [0.5, 0.6) is 0 Å². The Bertz CT molecular complexity index is 617. The minimum Gasteiger partial charge on any atom is -0.271 e. The fraction of sp³-hybridized carbons (Fsp3) is 0.200. The van der Waals surface area contributed by atoms with E-state index in [-0.39, 0.29) is 11.1 Å². The molecule has 0 aliphatic carbocycles. The van der Waals surface area contributed by atoms with Crippen molar-refractivity contribution in [2.45, 2.75) is 19.4 Å². The predicted molar refractivity (Wildman–Crippen MR) is 81.4 cm³/mol. The van der Waals surface area contributed by atoms with Crippen LogP contribution in [-0.2, 0) is 6.42 Å². The van der Waals surface area contributed by atoms with Gasteiger partial charge in [0.1, 0.15) is 5.82 Å². The molecule has 2 rings (SSSR count). The predicted octanol–water partition coefficient (Wildman–Crippen LogP) is 4.19. The number of nitrogens with one attached hydrogen (secondary N) is 1. The van der Waals surface area contributed by atoms with Crippen molar-refractivity contribution in [3.63, 3.8) is 0 Å². The largest absolute Gasteiger partial charge is 0.271 e. The van der Waals surface area contributed by atoms with Crippen molar-refractivity contribution in [3.05, 3.63) is 69.0 Å². The van der Waals surface area contributed by atoms with Gasteiger partial charge in [-0.3, -0.25) is 11.3 Å². The molecule has 0 amide bonds. The number of hydrogen-bond acceptors (Lipinski definition) is 2. The third-order valence-corrected chi connectivity index (χ3v) is 4.04. The van der Waals surface area contributed by atoms with Crippen LogP contribution in [0.1, 0.15) is 22.7 Å². The van der Waals surface area contributed by atoms with Crippen molar-refractivity contribution in [2.24, 2.45) is 5.84 Å². The molecule has 106 valence electrons. The van der Waals surface area contributed by atoms with E-state index in [2.05, 4.69) is 5.43 Å². The van der Waals surface area contributed by atoms with Crippen molar-refractivity contribution in [1.29, 1.82) is 0 Å². The number of halogens is 3. The first-order valence-electron chi connectivity index (χ1n) is 6.18. The molecule has 0 saturated heterocycles. The van der Waals surface area contributed by atoms with E-state index in [1.54, 1.807) is 12.1 Å². The molecular formula is C15H15Cl2FN2. The van der Waals surface area contributed by atoms with Crippen molar-refractivity contribution in [3.8, 4) is 0 Å². The van der Waals surface area contributed by atoms with Gasteiger partial charge in [-0.25, -0.2) is 4.39 Å². The third-order valence-electron chi connectivity index (χ3n) is 3.34. The molecule has 0 spiro atoms. The lowest BCUT2D eigenvalue weighted by atomic mass is 9.95. The highest BCUT2D eigenvalue weighted by Gasteiger charge is 2.17. The maximum atomic E-state index is 14.0. The van der Waals surface area contributed by atoms with Crippen LogP contribution in [0.15, 0.2) is 36.4 Å². The first-order chi connectivity index (χ1) is 9.54. The lowest BCUT2D eigenvalue weighted by Crippen LogP contribution is -2.30. The molecule has 1 unspecified atom stereocenters. The Kier molecular flexibility index (Phi) is 5.00. The first kappa shape index (κ1) is 15.3. The van der Waals surface area contributed by atoms with Gasteiger partial charge in [0.15, 0.2) is 0 Å². The molecule has 0 aliphatic rings. The Morgan fingerprint density at radius 1 is 1.15 bits per heavy atom. The minimum absolute atomic E-state index is 0.112. The minimum atomic E-state index is -0.408. The van der Waals surface area contributed by atoms with E-state index < -0.39 is 5.82 Å². The molecular weight excluding hydrogens is 298 g/mol. The van der Waals surface area contributed by atoms with E-state index in [1.165, 1.54) is 6.07 Å². The van der Waals surface area contributed by atoms with Crippen LogP contribution < -0.4 is 11.3 Å². The van der Waals surface area contributed by atoms with Crippen molar-refractivity contribution in [2.75, 3.05) is 0 Å². The zero-order valence-electron chi connectivity index (χ0n) is 11.0. The maximum absolute atomic E-state index is 14.0. The average molecular weight is 313 g/mol. The van der Waals surface area contributed by atoms with Gasteiger partial charge in [-0.15, -0.1) is 0 Å². The lowest BCUT2D eigenvalue weighted by Gasteiger charge is -2.19. The zero-order chi connectivity index (χ0) is 14.7. The second kappa shape index (κ2) is 6.55. The summed E-state index contributed by atoms with van der Waals surface area (Å²) in [7, 11) is 0. The molecule has 0 heterocycles. The summed E-state index contributed by atoms with van der Waals surface area (Å²) in [6.45, 7) is 1.91. The summed E-state index contributed by atoms with van der Waals surface area (Å²) >= 11 is 11.9. The third kappa shape index (κ3) is 3.13. The molecule has 3 N–H and O–H groups in total. The molecule has 2 aromatic carbocycles. The molecule has 20 heavy (non-hydrogen) atoms. The van der Waals surface area contributed by atoms with Crippen LogP contribution in [0.2, 0.25) is 10.0 Å². The SMILES string of the molecule is Cc1c(Cl)cccc1C(Cc1cccc(Cl)c1F)NN. The van der Waals surface area contributed by atoms with E-state index in [0.29, 0.717) is 17.0 Å². The highest BCUT2D eigenvalue weighted by Crippen LogP contribution is 2.28. The fourth-order valence-corrected chi connectivity index (χ4v) is 2.56. The van der Waals surface area contributed by atoms with Crippen LogP contribution in [0.25, 0.3) is 0 Å². The topological polar surface area (TPSA) is 38.0 Å². The first-order valence-corrected chi connectivity index (χ1v) is 6.94. The highest BCUT2D eigenvalue weighted by molar-refractivity contribution is 6.31. The molecule has 0 fully saturated rings. The van der Waals surface area contributed by atoms with Gasteiger partial charge in [0.25, 0.3) is 0 Å². The normalized spacial score (nSPS) is 12.4. The molecule has 5 heteroatoms. The van der Waals surface area contributed by atoms with Crippen LogP contribution >= 0.6 is 23.2 Å². The van der Waals surface area contributed by atoms with Gasteiger partial charge in [-0.1, -0.05) is 47.5 Å². The van der Waals surface area contributed by atoms with Crippen LogP contribution in [0.4, 0.5) is 4.39 Å². The summed E-state index contributed by atoms with van der Waals surface area (Å²) in [5, 5.41) is 0.774. The molecule has 0 aliphatic heterocycles. The Balaban J connectivity index is 2.34. The zero-order valence-corrected chi connectivity index (χ0v) is 12.5. The molecule has 2 nitrogen and oxygen atoms in total. The molecule has 0 saturated carbocycles. The summed E-state index contributed by atoms with van der Waals surface area (Å²) < 4.78 is 14.0. The quantitative estimate of drug-likeness (QED) is 0.656. The molecule has 1 atom stereocenters.